The van der Waals surface area contributed by atoms with Crippen LogP contribution in [0.2, 0.25) is 0 Å². The lowest BCUT2D eigenvalue weighted by molar-refractivity contribution is -0.149. The minimum Gasteiger partial charge on any atom is -0.464 e. The van der Waals surface area contributed by atoms with E-state index < -0.39 is 0 Å². The highest BCUT2D eigenvalue weighted by molar-refractivity contribution is 5.81. The van der Waals surface area contributed by atoms with Gasteiger partial charge in [0.2, 0.25) is 0 Å². The fourth-order valence-electron chi connectivity index (χ4n) is 4.97. The molecule has 1 aromatic carbocycles. The van der Waals surface area contributed by atoms with Crippen LogP contribution in [0.3, 0.4) is 0 Å². The minimum atomic E-state index is -0.367. The Hall–Kier alpha value is -2.97. The van der Waals surface area contributed by atoms with Crippen LogP contribution >= 0.6 is 0 Å². The van der Waals surface area contributed by atoms with Gasteiger partial charge in [-0.05, 0) is 67.2 Å². The van der Waals surface area contributed by atoms with Crippen LogP contribution in [0.25, 0.3) is 22.4 Å². The van der Waals surface area contributed by atoms with Crippen molar-refractivity contribution >= 4 is 17.0 Å². The topological polar surface area (TPSA) is 98.2 Å². The SMILES string of the molecule is Cc1cc(-c2nc3cc(CNC(CC(C)C)C(=O)OCC(C)(C)C)ccc3n2CC2CCOCC2)c[nH]c1=O. The van der Waals surface area contributed by atoms with Crippen LogP contribution in [0.15, 0.2) is 35.3 Å². The summed E-state index contributed by atoms with van der Waals surface area (Å²) in [4.78, 5) is 32.8. The molecule has 4 rings (SSSR count). The van der Waals surface area contributed by atoms with Crippen molar-refractivity contribution in [3.8, 4) is 11.4 Å². The van der Waals surface area contributed by atoms with Gasteiger partial charge in [-0.15, -0.1) is 0 Å². The van der Waals surface area contributed by atoms with Crippen molar-refractivity contribution in [2.45, 2.75) is 79.9 Å². The van der Waals surface area contributed by atoms with Gasteiger partial charge >= 0.3 is 5.97 Å². The Kier molecular flexibility index (Phi) is 9.28. The maximum absolute atomic E-state index is 12.9. The number of fused-ring (bicyclic) bond motifs is 1. The summed E-state index contributed by atoms with van der Waals surface area (Å²) in [5.41, 5.74) is 4.42. The van der Waals surface area contributed by atoms with Crippen LogP contribution in [-0.4, -0.2) is 46.4 Å². The number of aromatic amines is 1. The number of hydrogen-bond acceptors (Lipinski definition) is 6. The first kappa shape index (κ1) is 29.0. The normalized spacial score (nSPS) is 15.7. The average Bonchev–Trinajstić information content (AvgIpc) is 3.24. The van der Waals surface area contributed by atoms with Gasteiger partial charge in [0.25, 0.3) is 5.56 Å². The number of nitrogens with zero attached hydrogens (tertiary/aromatic N) is 2. The molecule has 0 amide bonds. The van der Waals surface area contributed by atoms with Gasteiger partial charge in [0, 0.05) is 43.6 Å². The van der Waals surface area contributed by atoms with E-state index in [9.17, 15) is 9.59 Å². The Morgan fingerprint density at radius 3 is 2.64 bits per heavy atom. The molecule has 2 N–H and O–H groups in total. The molecule has 2 aromatic heterocycles. The molecule has 212 valence electrons. The predicted molar refractivity (Wildman–Crippen MR) is 155 cm³/mol. The van der Waals surface area contributed by atoms with Crippen LogP contribution in [0.1, 0.15) is 65.0 Å². The van der Waals surface area contributed by atoms with Crippen molar-refractivity contribution in [2.75, 3.05) is 19.8 Å². The Bertz CT molecular complexity index is 1330. The number of pyridine rings is 1. The molecule has 1 unspecified atom stereocenters. The van der Waals surface area contributed by atoms with Crippen molar-refractivity contribution in [1.29, 1.82) is 0 Å². The number of esters is 1. The van der Waals surface area contributed by atoms with Gasteiger partial charge in [-0.3, -0.25) is 9.59 Å². The van der Waals surface area contributed by atoms with E-state index in [-0.39, 0.29) is 23.0 Å². The molecular weight excluding hydrogens is 492 g/mol. The summed E-state index contributed by atoms with van der Waals surface area (Å²) < 4.78 is 13.5. The molecule has 1 saturated heterocycles. The lowest BCUT2D eigenvalue weighted by Crippen LogP contribution is -2.39. The second-order valence-electron chi connectivity index (χ2n) is 12.6. The molecule has 0 aliphatic carbocycles. The second-order valence-corrected chi connectivity index (χ2v) is 12.6. The first-order valence-electron chi connectivity index (χ1n) is 14.2. The predicted octanol–water partition coefficient (Wildman–Crippen LogP) is 5.22. The molecule has 1 atom stereocenters. The number of H-pyrrole nitrogens is 1. The third-order valence-corrected chi connectivity index (χ3v) is 7.13. The maximum Gasteiger partial charge on any atom is 0.323 e. The largest absolute Gasteiger partial charge is 0.464 e. The van der Waals surface area contributed by atoms with Gasteiger partial charge in [0.15, 0.2) is 0 Å². The first-order valence-corrected chi connectivity index (χ1v) is 14.2. The first-order chi connectivity index (χ1) is 18.5. The number of nitrogens with one attached hydrogen (secondary N) is 2. The molecule has 0 radical (unpaired) electrons. The highest BCUT2D eigenvalue weighted by Crippen LogP contribution is 2.29. The van der Waals surface area contributed by atoms with E-state index in [0.29, 0.717) is 37.0 Å². The Morgan fingerprint density at radius 1 is 1.23 bits per heavy atom. The van der Waals surface area contributed by atoms with Gasteiger partial charge in [-0.1, -0.05) is 40.7 Å². The summed E-state index contributed by atoms with van der Waals surface area (Å²) in [7, 11) is 0. The van der Waals surface area contributed by atoms with Crippen molar-refractivity contribution in [3.63, 3.8) is 0 Å². The molecular formula is C31H44N4O4. The van der Waals surface area contributed by atoms with Crippen LogP contribution in [0.5, 0.6) is 0 Å². The third kappa shape index (κ3) is 7.79. The van der Waals surface area contributed by atoms with E-state index in [0.717, 1.165) is 60.6 Å². The Labute approximate surface area is 231 Å². The lowest BCUT2D eigenvalue weighted by Gasteiger charge is -2.24. The summed E-state index contributed by atoms with van der Waals surface area (Å²) >= 11 is 0. The molecule has 8 nitrogen and oxygen atoms in total. The molecule has 0 saturated carbocycles. The summed E-state index contributed by atoms with van der Waals surface area (Å²) in [6.07, 6.45) is 4.50. The van der Waals surface area contributed by atoms with Crippen molar-refractivity contribution in [2.24, 2.45) is 17.3 Å². The standard InChI is InChI=1S/C31H44N4O4/c1-20(2)13-26(30(37)39-19-31(4,5)6)32-16-23-7-8-27-25(15-23)34-28(24-14-21(3)29(36)33-17-24)35(27)18-22-9-11-38-12-10-22/h7-8,14-15,17,20,22,26,32H,9-13,16,18-19H2,1-6H3,(H,33,36). The summed E-state index contributed by atoms with van der Waals surface area (Å²) in [5.74, 6) is 1.52. The number of hydrogen-bond donors (Lipinski definition) is 2. The van der Waals surface area contributed by atoms with Crippen molar-refractivity contribution < 1.29 is 14.3 Å². The quantitative estimate of drug-likeness (QED) is 0.345. The van der Waals surface area contributed by atoms with Gasteiger partial charge in [-0.25, -0.2) is 4.98 Å². The summed E-state index contributed by atoms with van der Waals surface area (Å²) in [5, 5.41) is 3.44. The minimum absolute atomic E-state index is 0.0748. The smallest absolute Gasteiger partial charge is 0.323 e. The molecule has 0 bridgehead atoms. The number of carbonyl (C=O) groups excluding carboxylic acids is 1. The van der Waals surface area contributed by atoms with Gasteiger partial charge in [-0.2, -0.15) is 0 Å². The molecule has 8 heteroatoms. The molecule has 3 aromatic rings. The summed E-state index contributed by atoms with van der Waals surface area (Å²) in [6, 6.07) is 7.86. The van der Waals surface area contributed by atoms with Gasteiger partial charge in [0.05, 0.1) is 17.6 Å². The highest BCUT2D eigenvalue weighted by atomic mass is 16.5. The zero-order valence-electron chi connectivity index (χ0n) is 24.3. The molecule has 1 aliphatic heterocycles. The second kappa shape index (κ2) is 12.5. The van der Waals surface area contributed by atoms with Crippen LogP contribution in [-0.2, 0) is 27.4 Å². The number of aryl methyl sites for hydroxylation is 1. The third-order valence-electron chi connectivity index (χ3n) is 7.13. The highest BCUT2D eigenvalue weighted by Gasteiger charge is 2.24. The molecule has 3 heterocycles. The molecule has 1 aliphatic rings. The monoisotopic (exact) mass is 536 g/mol. The Morgan fingerprint density at radius 2 is 1.97 bits per heavy atom. The zero-order chi connectivity index (χ0) is 28.2. The van der Waals surface area contributed by atoms with E-state index >= 15 is 0 Å². The van der Waals surface area contributed by atoms with E-state index in [1.807, 2.05) is 13.0 Å². The number of rotatable bonds is 10. The number of carbonyl (C=O) groups is 1. The molecule has 0 spiro atoms. The van der Waals surface area contributed by atoms with Crippen LogP contribution < -0.4 is 10.9 Å². The number of aromatic nitrogens is 3. The fourth-order valence-corrected chi connectivity index (χ4v) is 4.97. The average molecular weight is 537 g/mol. The molecule has 1 fully saturated rings. The van der Waals surface area contributed by atoms with E-state index in [1.54, 1.807) is 6.20 Å². The summed E-state index contributed by atoms with van der Waals surface area (Å²) in [6.45, 7) is 15.6. The van der Waals surface area contributed by atoms with Crippen molar-refractivity contribution in [3.05, 3.63) is 51.9 Å². The van der Waals surface area contributed by atoms with Gasteiger partial charge < -0.3 is 24.3 Å². The van der Waals surface area contributed by atoms with Crippen LogP contribution in [0.4, 0.5) is 0 Å². The maximum atomic E-state index is 12.9. The number of benzene rings is 1. The molecule has 39 heavy (non-hydrogen) atoms. The van der Waals surface area contributed by atoms with Crippen molar-refractivity contribution in [1.82, 2.24) is 19.9 Å². The lowest BCUT2D eigenvalue weighted by atomic mass is 9.98. The number of ether oxygens (including phenoxy) is 2. The Balaban J connectivity index is 1.59. The zero-order valence-corrected chi connectivity index (χ0v) is 24.3. The van der Waals surface area contributed by atoms with E-state index in [1.165, 1.54) is 0 Å². The van der Waals surface area contributed by atoms with Crippen LogP contribution in [0, 0.1) is 24.2 Å². The van der Waals surface area contributed by atoms with E-state index in [4.69, 9.17) is 14.5 Å². The van der Waals surface area contributed by atoms with E-state index in [2.05, 4.69) is 67.7 Å². The van der Waals surface area contributed by atoms with Gasteiger partial charge in [0.1, 0.15) is 11.9 Å². The fraction of sp³-hybridized carbons (Fsp3) is 0.581. The number of imidazole rings is 1.